The zero-order chi connectivity index (χ0) is 21.6. The van der Waals surface area contributed by atoms with Gasteiger partial charge in [-0.2, -0.15) is 0 Å². The Morgan fingerprint density at radius 2 is 1.07 bits per heavy atom. The molecule has 2 aromatic rings. The van der Waals surface area contributed by atoms with Gasteiger partial charge in [0, 0.05) is 0 Å². The molecule has 166 valence electrons. The third-order valence-electron chi connectivity index (χ3n) is 6.88. The van der Waals surface area contributed by atoms with Crippen LogP contribution in [0.5, 0.6) is 0 Å². The first-order valence-corrected chi connectivity index (χ1v) is 12.8. The number of rotatable bonds is 15. The molecule has 0 aliphatic heterocycles. The summed E-state index contributed by atoms with van der Waals surface area (Å²) in [5, 5.41) is 0. The minimum Gasteiger partial charge on any atom is -0.0654 e. The summed E-state index contributed by atoms with van der Waals surface area (Å²) in [6.07, 6.45) is 16.1. The van der Waals surface area contributed by atoms with Crippen molar-refractivity contribution in [3.05, 3.63) is 70.8 Å². The highest BCUT2D eigenvalue weighted by Crippen LogP contribution is 2.32. The number of hydrogen-bond donors (Lipinski definition) is 0. The van der Waals surface area contributed by atoms with Crippen LogP contribution in [0.2, 0.25) is 0 Å². The van der Waals surface area contributed by atoms with Gasteiger partial charge in [0.05, 0.1) is 0 Å². The van der Waals surface area contributed by atoms with Gasteiger partial charge in [-0.15, -0.1) is 0 Å². The van der Waals surface area contributed by atoms with Crippen molar-refractivity contribution in [2.45, 2.75) is 117 Å². The van der Waals surface area contributed by atoms with Crippen molar-refractivity contribution in [1.82, 2.24) is 0 Å². The van der Waals surface area contributed by atoms with Crippen molar-refractivity contribution in [2.24, 2.45) is 0 Å². The Bertz CT molecular complexity index is 699. The Hall–Kier alpha value is -1.56. The van der Waals surface area contributed by atoms with Crippen LogP contribution in [-0.2, 0) is 6.42 Å². The molecule has 0 bridgehead atoms. The van der Waals surface area contributed by atoms with E-state index in [9.17, 15) is 0 Å². The number of hydrogen-bond acceptors (Lipinski definition) is 0. The van der Waals surface area contributed by atoms with E-state index in [0.717, 1.165) is 18.3 Å². The van der Waals surface area contributed by atoms with Gasteiger partial charge in [0.1, 0.15) is 0 Å². The largest absolute Gasteiger partial charge is 0.0654 e. The van der Waals surface area contributed by atoms with E-state index in [0.29, 0.717) is 0 Å². The molecule has 0 aromatic heterocycles. The van der Waals surface area contributed by atoms with Gasteiger partial charge in [-0.3, -0.25) is 0 Å². The third-order valence-corrected chi connectivity index (χ3v) is 6.88. The van der Waals surface area contributed by atoms with Crippen molar-refractivity contribution in [2.75, 3.05) is 0 Å². The van der Waals surface area contributed by atoms with Gasteiger partial charge in [-0.1, -0.05) is 114 Å². The summed E-state index contributed by atoms with van der Waals surface area (Å²) in [7, 11) is 0. The van der Waals surface area contributed by atoms with Crippen LogP contribution in [0.1, 0.15) is 125 Å². The van der Waals surface area contributed by atoms with Crippen LogP contribution >= 0.6 is 0 Å². The summed E-state index contributed by atoms with van der Waals surface area (Å²) in [5.74, 6) is 1.52. The van der Waals surface area contributed by atoms with Crippen LogP contribution in [0.3, 0.4) is 0 Å². The molecule has 30 heavy (non-hydrogen) atoms. The summed E-state index contributed by atoms with van der Waals surface area (Å²) in [6, 6.07) is 18.2. The van der Waals surface area contributed by atoms with Crippen LogP contribution < -0.4 is 0 Å². The Labute approximate surface area is 187 Å². The first-order chi connectivity index (χ1) is 14.7. The summed E-state index contributed by atoms with van der Waals surface area (Å²) in [6.45, 7) is 9.24. The smallest absolute Gasteiger partial charge is 0.0159 e. The quantitative estimate of drug-likeness (QED) is 0.258. The van der Waals surface area contributed by atoms with Crippen LogP contribution in [0.4, 0.5) is 0 Å². The van der Waals surface area contributed by atoms with E-state index in [2.05, 4.69) is 76.2 Å². The first kappa shape index (κ1) is 24.7. The van der Waals surface area contributed by atoms with E-state index in [1.807, 2.05) is 0 Å². The topological polar surface area (TPSA) is 0 Å². The number of unbranched alkanes of at least 4 members (excludes halogenated alkanes) is 4. The van der Waals surface area contributed by atoms with Gasteiger partial charge in [0.2, 0.25) is 0 Å². The van der Waals surface area contributed by atoms with E-state index in [1.165, 1.54) is 76.2 Å². The third kappa shape index (κ3) is 7.93. The highest BCUT2D eigenvalue weighted by molar-refractivity contribution is 5.30. The van der Waals surface area contributed by atoms with E-state index in [1.54, 1.807) is 16.7 Å². The number of benzene rings is 2. The standard InChI is InChI=1S/C30H46/c1-5-17-27(29-23-15-13-19-25(29)4)21-11-9-8-10-12-22-28(18-6-2)30-24-16-14-20-26(30)7-3/h13-16,19-20,23-24,27-28H,5-12,17-18,21-22H2,1-4H3. The van der Waals surface area contributed by atoms with Gasteiger partial charge in [-0.25, -0.2) is 0 Å². The monoisotopic (exact) mass is 406 g/mol. The Kier molecular flexibility index (Phi) is 11.9. The minimum absolute atomic E-state index is 0.760. The van der Waals surface area contributed by atoms with Crippen molar-refractivity contribution in [3.63, 3.8) is 0 Å². The molecule has 0 spiro atoms. The maximum Gasteiger partial charge on any atom is -0.0159 e. The average Bonchev–Trinajstić information content (AvgIpc) is 2.77. The maximum atomic E-state index is 2.39. The highest BCUT2D eigenvalue weighted by atomic mass is 14.2. The summed E-state index contributed by atoms with van der Waals surface area (Å²) in [4.78, 5) is 0. The molecule has 0 aliphatic carbocycles. The molecule has 0 aliphatic rings. The van der Waals surface area contributed by atoms with Gasteiger partial charge >= 0.3 is 0 Å². The predicted octanol–water partition coefficient (Wildman–Crippen LogP) is 9.76. The molecule has 0 nitrogen and oxygen atoms in total. The van der Waals surface area contributed by atoms with Crippen molar-refractivity contribution in [3.8, 4) is 0 Å². The molecule has 2 atom stereocenters. The van der Waals surface area contributed by atoms with Gasteiger partial charge in [0.15, 0.2) is 0 Å². The van der Waals surface area contributed by atoms with Crippen molar-refractivity contribution in [1.29, 1.82) is 0 Å². The zero-order valence-corrected chi connectivity index (χ0v) is 20.3. The molecule has 0 radical (unpaired) electrons. The summed E-state index contributed by atoms with van der Waals surface area (Å²) in [5.41, 5.74) is 6.26. The molecular formula is C30H46. The molecule has 0 saturated carbocycles. The fourth-order valence-electron chi connectivity index (χ4n) is 5.22. The Morgan fingerprint density at radius 3 is 1.63 bits per heavy atom. The van der Waals surface area contributed by atoms with Gasteiger partial charge in [-0.05, 0) is 73.1 Å². The molecule has 2 unspecified atom stereocenters. The maximum absolute atomic E-state index is 2.39. The molecule has 0 fully saturated rings. The van der Waals surface area contributed by atoms with E-state index < -0.39 is 0 Å². The second kappa shape index (κ2) is 14.4. The zero-order valence-electron chi connectivity index (χ0n) is 20.3. The van der Waals surface area contributed by atoms with Gasteiger partial charge in [0.25, 0.3) is 0 Å². The highest BCUT2D eigenvalue weighted by Gasteiger charge is 2.14. The van der Waals surface area contributed by atoms with E-state index in [-0.39, 0.29) is 0 Å². The van der Waals surface area contributed by atoms with Crippen molar-refractivity contribution >= 4 is 0 Å². The van der Waals surface area contributed by atoms with Crippen LogP contribution in [0.25, 0.3) is 0 Å². The molecule has 0 saturated heterocycles. The lowest BCUT2D eigenvalue weighted by Crippen LogP contribution is -2.03. The summed E-state index contributed by atoms with van der Waals surface area (Å²) >= 11 is 0. The molecule has 0 amide bonds. The van der Waals surface area contributed by atoms with Crippen molar-refractivity contribution < 1.29 is 0 Å². The van der Waals surface area contributed by atoms with Crippen LogP contribution in [-0.4, -0.2) is 0 Å². The normalized spacial score (nSPS) is 13.3. The lowest BCUT2D eigenvalue weighted by Gasteiger charge is -2.20. The molecule has 0 N–H and O–H groups in total. The summed E-state index contributed by atoms with van der Waals surface area (Å²) < 4.78 is 0. The SMILES string of the molecule is CCCC(CCCCCCCC(CCC)c1ccccc1CC)c1ccccc1C. The first-order valence-electron chi connectivity index (χ1n) is 12.8. The molecule has 2 aromatic carbocycles. The molecular weight excluding hydrogens is 360 g/mol. The molecule has 0 heterocycles. The number of aryl methyl sites for hydroxylation is 2. The van der Waals surface area contributed by atoms with Crippen LogP contribution in [0.15, 0.2) is 48.5 Å². The fourth-order valence-corrected chi connectivity index (χ4v) is 5.22. The lowest BCUT2D eigenvalue weighted by molar-refractivity contribution is 0.489. The minimum atomic E-state index is 0.760. The lowest BCUT2D eigenvalue weighted by atomic mass is 9.85. The second-order valence-corrected chi connectivity index (χ2v) is 9.23. The average molecular weight is 407 g/mol. The Morgan fingerprint density at radius 1 is 0.567 bits per heavy atom. The molecule has 2 rings (SSSR count). The van der Waals surface area contributed by atoms with Gasteiger partial charge < -0.3 is 0 Å². The van der Waals surface area contributed by atoms with E-state index >= 15 is 0 Å². The predicted molar refractivity (Wildman–Crippen MR) is 135 cm³/mol. The van der Waals surface area contributed by atoms with E-state index in [4.69, 9.17) is 0 Å². The molecule has 0 heteroatoms. The second-order valence-electron chi connectivity index (χ2n) is 9.23. The fraction of sp³-hybridized carbons (Fsp3) is 0.600. The Balaban J connectivity index is 1.73. The van der Waals surface area contributed by atoms with Crippen LogP contribution in [0, 0.1) is 6.92 Å².